The molecule has 2 atom stereocenters. The standard InChI is InChI=1S/C23H23N7O4/c1-30-8-6-14(7-9-30)17-5-4-16(28-23(26)29-22(24)25)11-15(17)3-2-13-10-18(20(31)32)19(21(33)34)27-12-13/h4-9,11-12,18-19H,10H2,1H3,(H8,24,25,26,27,28,29,31,32,33,34)/t18-,19+/m1/s1. The van der Waals surface area contributed by atoms with Gasteiger partial charge in [0.05, 0.1) is 12.0 Å². The monoisotopic (exact) mass is 461 g/mol. The molecule has 1 aromatic carbocycles. The Labute approximate surface area is 195 Å². The zero-order valence-corrected chi connectivity index (χ0v) is 18.2. The van der Waals surface area contributed by atoms with E-state index in [1.165, 1.54) is 6.20 Å². The fraction of sp³-hybridized carbons (Fsp3) is 0.174. The van der Waals surface area contributed by atoms with Crippen LogP contribution < -0.4 is 42.3 Å². The minimum Gasteiger partial charge on any atom is -0.550 e. The molecule has 1 aliphatic heterocycles. The zero-order valence-electron chi connectivity index (χ0n) is 18.2. The van der Waals surface area contributed by atoms with E-state index in [1.807, 2.05) is 42.2 Å². The number of aromatic nitrogens is 1. The van der Waals surface area contributed by atoms with Gasteiger partial charge in [-0.15, -0.1) is 4.99 Å². The Morgan fingerprint density at radius 3 is 2.44 bits per heavy atom. The van der Waals surface area contributed by atoms with Gasteiger partial charge >= 0.3 is 5.96 Å². The van der Waals surface area contributed by atoms with Crippen LogP contribution in [0.4, 0.5) is 5.69 Å². The third-order valence-corrected chi connectivity index (χ3v) is 5.01. The fourth-order valence-electron chi connectivity index (χ4n) is 3.36. The van der Waals surface area contributed by atoms with Crippen molar-refractivity contribution < 1.29 is 29.4 Å². The first kappa shape index (κ1) is 23.8. The van der Waals surface area contributed by atoms with Crippen LogP contribution >= 0.6 is 0 Å². The highest BCUT2D eigenvalue weighted by atomic mass is 16.4. The van der Waals surface area contributed by atoms with Crippen LogP contribution in [0.3, 0.4) is 0 Å². The van der Waals surface area contributed by atoms with Crippen molar-refractivity contribution in [3.63, 3.8) is 0 Å². The molecule has 1 aromatic heterocycles. The number of benzene rings is 1. The number of rotatable bonds is 4. The van der Waals surface area contributed by atoms with Crippen LogP contribution in [0.5, 0.6) is 0 Å². The van der Waals surface area contributed by atoms with Gasteiger partial charge in [0.15, 0.2) is 12.4 Å². The summed E-state index contributed by atoms with van der Waals surface area (Å²) >= 11 is 0. The molecule has 0 saturated carbocycles. The number of hydrogen-bond acceptors (Lipinski definition) is 6. The number of aliphatic carboxylic acids is 2. The van der Waals surface area contributed by atoms with Crippen LogP contribution in [0, 0.1) is 17.8 Å². The Kier molecular flexibility index (Phi) is 7.13. The lowest BCUT2D eigenvalue weighted by Crippen LogP contribution is -2.84. The van der Waals surface area contributed by atoms with Crippen molar-refractivity contribution in [1.29, 1.82) is 0 Å². The average Bonchev–Trinajstić information content (AvgIpc) is 2.77. The summed E-state index contributed by atoms with van der Waals surface area (Å²) in [6, 6.07) is 7.71. The number of nitrogens with zero attached hydrogens (tertiary/aromatic N) is 2. The summed E-state index contributed by atoms with van der Waals surface area (Å²) in [6.07, 6.45) is 5.04. The van der Waals surface area contributed by atoms with E-state index in [4.69, 9.17) is 17.2 Å². The number of hydrogen-bond donors (Lipinski definition) is 5. The Balaban J connectivity index is 2.03. The maximum absolute atomic E-state index is 11.4. The molecule has 174 valence electrons. The van der Waals surface area contributed by atoms with Crippen molar-refractivity contribution >= 4 is 29.5 Å². The molecule has 3 rings (SSSR count). The van der Waals surface area contributed by atoms with E-state index in [2.05, 4.69) is 27.1 Å². The van der Waals surface area contributed by atoms with Crippen LogP contribution in [-0.4, -0.2) is 29.9 Å². The van der Waals surface area contributed by atoms with E-state index in [1.54, 1.807) is 12.1 Å². The Morgan fingerprint density at radius 1 is 1.12 bits per heavy atom. The quantitative estimate of drug-likeness (QED) is 0.129. The highest BCUT2D eigenvalue weighted by Gasteiger charge is 2.27. The second-order valence-corrected chi connectivity index (χ2v) is 7.57. The third-order valence-electron chi connectivity index (χ3n) is 5.01. The summed E-state index contributed by atoms with van der Waals surface area (Å²) in [5.74, 6) is 1.49. The molecule has 8 N–H and O–H groups in total. The number of allylic oxidation sites excluding steroid dienone is 1. The molecule has 11 nitrogen and oxygen atoms in total. The SMILES string of the molecule is C[n+]1ccc(-c2ccc(N=C(N)[NH+]=C(N)N)cc2C#CC2=CN[C@H](C(=O)[O-])[C@H](C(=O)[O-])C2)cc1. The van der Waals surface area contributed by atoms with Gasteiger partial charge in [-0.05, 0) is 29.7 Å². The molecule has 0 spiro atoms. The van der Waals surface area contributed by atoms with Crippen LogP contribution in [0.15, 0.2) is 59.5 Å². The number of carbonyl (C=O) groups excluding carboxylic acids is 2. The molecular weight excluding hydrogens is 438 g/mol. The second-order valence-electron chi connectivity index (χ2n) is 7.57. The van der Waals surface area contributed by atoms with Crippen molar-refractivity contribution in [3.8, 4) is 23.0 Å². The number of guanidine groups is 2. The summed E-state index contributed by atoms with van der Waals surface area (Å²) in [5.41, 5.74) is 19.7. The van der Waals surface area contributed by atoms with Crippen LogP contribution in [-0.2, 0) is 16.6 Å². The number of nitrogens with one attached hydrogen (secondary N) is 2. The molecule has 11 heteroatoms. The molecule has 34 heavy (non-hydrogen) atoms. The predicted octanol–water partition coefficient (Wildman–Crippen LogP) is -4.81. The van der Waals surface area contributed by atoms with Gasteiger partial charge in [-0.3, -0.25) is 0 Å². The van der Waals surface area contributed by atoms with E-state index in [9.17, 15) is 19.8 Å². The van der Waals surface area contributed by atoms with E-state index in [0.717, 1.165) is 11.1 Å². The largest absolute Gasteiger partial charge is 0.550 e. The van der Waals surface area contributed by atoms with E-state index in [0.29, 0.717) is 16.8 Å². The first-order valence-corrected chi connectivity index (χ1v) is 10.1. The van der Waals surface area contributed by atoms with Crippen LogP contribution in [0.25, 0.3) is 11.1 Å². The topological polar surface area (TPSA) is 201 Å². The van der Waals surface area contributed by atoms with Crippen molar-refractivity contribution in [3.05, 3.63) is 60.1 Å². The number of aryl methyl sites for hydroxylation is 1. The molecule has 1 aliphatic rings. The Bertz CT molecular complexity index is 1270. The van der Waals surface area contributed by atoms with Gasteiger partial charge in [0.25, 0.3) is 5.96 Å². The van der Waals surface area contributed by atoms with Crippen molar-refractivity contribution in [1.82, 2.24) is 5.32 Å². The Hall–Kier alpha value is -4.85. The van der Waals surface area contributed by atoms with E-state index < -0.39 is 23.9 Å². The molecule has 2 aromatic rings. The number of aliphatic imine (C=N–C) groups is 1. The maximum atomic E-state index is 11.4. The molecule has 0 bridgehead atoms. The molecule has 0 saturated heterocycles. The summed E-state index contributed by atoms with van der Waals surface area (Å²) in [7, 11) is 1.90. The van der Waals surface area contributed by atoms with Gasteiger partial charge in [0, 0.05) is 41.4 Å². The first-order valence-electron chi connectivity index (χ1n) is 10.1. The van der Waals surface area contributed by atoms with Crippen molar-refractivity contribution in [2.75, 3.05) is 0 Å². The number of pyridine rings is 1. The fourth-order valence-corrected chi connectivity index (χ4v) is 3.36. The lowest BCUT2D eigenvalue weighted by atomic mass is 9.89. The van der Waals surface area contributed by atoms with E-state index in [-0.39, 0.29) is 18.3 Å². The summed E-state index contributed by atoms with van der Waals surface area (Å²) < 4.78 is 1.89. The lowest BCUT2D eigenvalue weighted by Gasteiger charge is -2.32. The normalized spacial score (nSPS) is 17.4. The highest BCUT2D eigenvalue weighted by molar-refractivity contribution is 5.82. The van der Waals surface area contributed by atoms with Gasteiger partial charge in [-0.1, -0.05) is 17.9 Å². The third kappa shape index (κ3) is 5.89. The smallest absolute Gasteiger partial charge is 0.316 e. The Morgan fingerprint density at radius 2 is 1.82 bits per heavy atom. The summed E-state index contributed by atoms with van der Waals surface area (Å²) in [4.78, 5) is 29.3. The molecule has 0 amide bonds. The molecule has 2 heterocycles. The molecule has 0 aliphatic carbocycles. The molecule has 0 fully saturated rings. The number of carboxylic acid groups (broad SMARTS) is 2. The molecular formula is C23H23N7O4. The minimum absolute atomic E-state index is 0.0114. The average molecular weight is 461 g/mol. The van der Waals surface area contributed by atoms with Gasteiger partial charge in [-0.2, -0.15) is 0 Å². The zero-order chi connectivity index (χ0) is 24.8. The summed E-state index contributed by atoms with van der Waals surface area (Å²) in [5, 5.41) is 25.1. The number of carbonyl (C=O) groups is 2. The van der Waals surface area contributed by atoms with Gasteiger partial charge in [-0.25, -0.2) is 9.56 Å². The van der Waals surface area contributed by atoms with Gasteiger partial charge in [0.1, 0.15) is 12.7 Å². The first-order chi connectivity index (χ1) is 16.1. The molecule has 0 unspecified atom stereocenters. The number of carboxylic acids is 2. The minimum atomic E-state index is -1.52. The van der Waals surface area contributed by atoms with Crippen molar-refractivity contribution in [2.45, 2.75) is 12.5 Å². The molecule has 0 radical (unpaired) electrons. The van der Waals surface area contributed by atoms with Crippen molar-refractivity contribution in [2.24, 2.45) is 35.2 Å². The van der Waals surface area contributed by atoms with E-state index >= 15 is 0 Å². The highest BCUT2D eigenvalue weighted by Crippen LogP contribution is 2.27. The predicted molar refractivity (Wildman–Crippen MR) is 119 cm³/mol. The van der Waals surface area contributed by atoms with Gasteiger partial charge < -0.3 is 42.3 Å². The van der Waals surface area contributed by atoms with Crippen LogP contribution in [0.1, 0.15) is 12.0 Å². The number of nitrogens with two attached hydrogens (primary N) is 3. The summed E-state index contributed by atoms with van der Waals surface area (Å²) in [6.45, 7) is 0. The van der Waals surface area contributed by atoms with Gasteiger partial charge in [0.2, 0.25) is 0 Å². The lowest BCUT2D eigenvalue weighted by molar-refractivity contribution is -0.671. The maximum Gasteiger partial charge on any atom is 0.316 e. The second kappa shape index (κ2) is 10.2. The van der Waals surface area contributed by atoms with Crippen LogP contribution in [0.2, 0.25) is 0 Å².